The van der Waals surface area contributed by atoms with Gasteiger partial charge in [-0.15, -0.1) is 12.4 Å². The molecular formula is C10H12ClN5OS. The highest BCUT2D eigenvalue weighted by Crippen LogP contribution is 2.18. The van der Waals surface area contributed by atoms with Crippen LogP contribution in [0.5, 0.6) is 0 Å². The second-order valence-corrected chi connectivity index (χ2v) is 4.14. The average molecular weight is 286 g/mol. The average Bonchev–Trinajstić information content (AvgIpc) is 2.69. The van der Waals surface area contributed by atoms with E-state index in [9.17, 15) is 4.79 Å². The maximum Gasteiger partial charge on any atom is 0.258 e. The van der Waals surface area contributed by atoms with E-state index < -0.39 is 5.91 Å². The Hall–Kier alpha value is -1.73. The number of nitrogens with zero attached hydrogens (tertiary/aromatic N) is 1. The van der Waals surface area contributed by atoms with E-state index >= 15 is 0 Å². The Morgan fingerprint density at radius 3 is 2.89 bits per heavy atom. The molecule has 0 aliphatic carbocycles. The molecule has 1 amide bonds. The van der Waals surface area contributed by atoms with Crippen LogP contribution in [0.1, 0.15) is 10.4 Å². The minimum atomic E-state index is -0.409. The number of nitrogens with one attached hydrogen (secondary N) is 3. The molecule has 1 aromatic heterocycles. The third-order valence-corrected chi connectivity index (χ3v) is 2.75. The van der Waals surface area contributed by atoms with Crippen molar-refractivity contribution in [3.8, 4) is 0 Å². The van der Waals surface area contributed by atoms with Gasteiger partial charge in [-0.05, 0) is 24.5 Å². The fraction of sp³-hybridized carbons (Fsp3) is 0.100. The Morgan fingerprint density at radius 2 is 2.28 bits per heavy atom. The van der Waals surface area contributed by atoms with E-state index in [4.69, 9.17) is 11.1 Å². The van der Waals surface area contributed by atoms with Gasteiger partial charge in [-0.1, -0.05) is 11.8 Å². The molecule has 5 N–H and O–H groups in total. The fourth-order valence-corrected chi connectivity index (χ4v) is 1.82. The number of amides is 1. The summed E-state index contributed by atoms with van der Waals surface area (Å²) in [5.74, 6) is -0.782. The molecule has 2 rings (SSSR count). The number of guanidine groups is 1. The maximum absolute atomic E-state index is 11.6. The number of hydrogen-bond acceptors (Lipinski definition) is 4. The third kappa shape index (κ3) is 2.93. The van der Waals surface area contributed by atoms with Crippen LogP contribution in [0.3, 0.4) is 0 Å². The fourth-order valence-electron chi connectivity index (χ4n) is 1.41. The number of aromatic nitrogens is 2. The standard InChI is InChI=1S/C10H11N5OS.ClH/c1-17-10-13-6-3-2-5(4-7(6)14-10)8(16)15-9(11)12;/h2-4H,1H3,(H,13,14)(H4,11,12,15,16);1H. The third-order valence-electron chi connectivity index (χ3n) is 2.17. The van der Waals surface area contributed by atoms with Crippen molar-refractivity contribution in [3.63, 3.8) is 0 Å². The summed E-state index contributed by atoms with van der Waals surface area (Å²) in [6, 6.07) is 5.09. The summed E-state index contributed by atoms with van der Waals surface area (Å²) in [6.07, 6.45) is 1.92. The van der Waals surface area contributed by atoms with Gasteiger partial charge in [-0.3, -0.25) is 15.5 Å². The van der Waals surface area contributed by atoms with Crippen molar-refractivity contribution >= 4 is 47.1 Å². The lowest BCUT2D eigenvalue weighted by Crippen LogP contribution is -2.35. The molecule has 0 saturated carbocycles. The Bertz CT molecular complexity index is 597. The number of aromatic amines is 1. The molecule has 0 unspecified atom stereocenters. The van der Waals surface area contributed by atoms with Gasteiger partial charge in [-0.2, -0.15) is 0 Å². The van der Waals surface area contributed by atoms with E-state index in [-0.39, 0.29) is 18.4 Å². The second-order valence-electron chi connectivity index (χ2n) is 3.35. The molecule has 0 aliphatic rings. The molecule has 96 valence electrons. The van der Waals surface area contributed by atoms with E-state index in [2.05, 4.69) is 15.3 Å². The SMILES string of the molecule is CSc1nc2cc(C(=O)NC(=N)N)ccc2[nH]1.Cl. The van der Waals surface area contributed by atoms with Crippen LogP contribution in [0.25, 0.3) is 11.0 Å². The number of imidazole rings is 1. The van der Waals surface area contributed by atoms with Crippen LogP contribution in [-0.4, -0.2) is 28.1 Å². The summed E-state index contributed by atoms with van der Waals surface area (Å²) in [7, 11) is 0. The Labute approximate surface area is 114 Å². The molecule has 6 nitrogen and oxygen atoms in total. The minimum Gasteiger partial charge on any atom is -0.370 e. The van der Waals surface area contributed by atoms with Crippen molar-refractivity contribution < 1.29 is 4.79 Å². The number of carbonyl (C=O) groups is 1. The van der Waals surface area contributed by atoms with Crippen LogP contribution in [-0.2, 0) is 0 Å². The largest absolute Gasteiger partial charge is 0.370 e. The molecule has 1 aromatic carbocycles. The molecule has 0 atom stereocenters. The monoisotopic (exact) mass is 285 g/mol. The van der Waals surface area contributed by atoms with Gasteiger partial charge in [-0.25, -0.2) is 4.98 Å². The van der Waals surface area contributed by atoms with Crippen LogP contribution >= 0.6 is 24.2 Å². The van der Waals surface area contributed by atoms with Crippen molar-refractivity contribution in [2.45, 2.75) is 5.16 Å². The Morgan fingerprint density at radius 1 is 1.56 bits per heavy atom. The van der Waals surface area contributed by atoms with Gasteiger partial charge in [0.25, 0.3) is 5.91 Å². The summed E-state index contributed by atoms with van der Waals surface area (Å²) in [6.45, 7) is 0. The summed E-state index contributed by atoms with van der Waals surface area (Å²) < 4.78 is 0. The van der Waals surface area contributed by atoms with Gasteiger partial charge in [0, 0.05) is 5.56 Å². The van der Waals surface area contributed by atoms with Gasteiger partial charge in [0.2, 0.25) is 0 Å². The van der Waals surface area contributed by atoms with E-state index in [1.807, 2.05) is 6.26 Å². The first kappa shape index (κ1) is 14.3. The smallest absolute Gasteiger partial charge is 0.258 e. The molecule has 0 saturated heterocycles. The molecular weight excluding hydrogens is 274 g/mol. The molecule has 0 bridgehead atoms. The quantitative estimate of drug-likeness (QED) is 0.379. The molecule has 1 heterocycles. The molecule has 0 fully saturated rings. The van der Waals surface area contributed by atoms with Crippen molar-refractivity contribution in [2.75, 3.05) is 6.26 Å². The molecule has 0 aliphatic heterocycles. The predicted molar refractivity (Wildman–Crippen MR) is 74.5 cm³/mol. The van der Waals surface area contributed by atoms with Gasteiger partial charge >= 0.3 is 0 Å². The zero-order chi connectivity index (χ0) is 12.4. The van der Waals surface area contributed by atoms with E-state index in [1.54, 1.807) is 18.2 Å². The van der Waals surface area contributed by atoms with Crippen molar-refractivity contribution in [2.24, 2.45) is 5.73 Å². The van der Waals surface area contributed by atoms with E-state index in [0.29, 0.717) is 11.1 Å². The van der Waals surface area contributed by atoms with Crippen molar-refractivity contribution in [3.05, 3.63) is 23.8 Å². The van der Waals surface area contributed by atoms with Crippen LogP contribution < -0.4 is 11.1 Å². The number of halogens is 1. The number of rotatable bonds is 2. The molecule has 2 aromatic rings. The lowest BCUT2D eigenvalue weighted by molar-refractivity contribution is 0.0976. The summed E-state index contributed by atoms with van der Waals surface area (Å²) in [4.78, 5) is 19.0. The summed E-state index contributed by atoms with van der Waals surface area (Å²) in [5.41, 5.74) is 7.10. The summed E-state index contributed by atoms with van der Waals surface area (Å²) in [5, 5.41) is 10.0. The lowest BCUT2D eigenvalue weighted by Gasteiger charge is -2.01. The Balaban J connectivity index is 0.00000162. The summed E-state index contributed by atoms with van der Waals surface area (Å²) >= 11 is 1.50. The predicted octanol–water partition coefficient (Wildman–Crippen LogP) is 1.33. The van der Waals surface area contributed by atoms with E-state index in [1.165, 1.54) is 11.8 Å². The zero-order valence-electron chi connectivity index (χ0n) is 9.48. The van der Waals surface area contributed by atoms with Crippen molar-refractivity contribution in [1.29, 1.82) is 5.41 Å². The first-order valence-corrected chi connectivity index (χ1v) is 6.02. The number of hydrogen-bond donors (Lipinski definition) is 4. The van der Waals surface area contributed by atoms with Gasteiger partial charge < -0.3 is 10.7 Å². The number of carbonyl (C=O) groups excluding carboxylic acids is 1. The highest BCUT2D eigenvalue weighted by Gasteiger charge is 2.09. The zero-order valence-corrected chi connectivity index (χ0v) is 11.1. The molecule has 0 spiro atoms. The van der Waals surface area contributed by atoms with Gasteiger partial charge in [0.05, 0.1) is 11.0 Å². The van der Waals surface area contributed by atoms with Gasteiger partial charge in [0.1, 0.15) is 0 Å². The van der Waals surface area contributed by atoms with Crippen LogP contribution in [0, 0.1) is 5.41 Å². The maximum atomic E-state index is 11.6. The molecule has 0 radical (unpaired) electrons. The first-order chi connectivity index (χ1) is 8.10. The molecule has 18 heavy (non-hydrogen) atoms. The first-order valence-electron chi connectivity index (χ1n) is 4.79. The van der Waals surface area contributed by atoms with Crippen molar-refractivity contribution in [1.82, 2.24) is 15.3 Å². The van der Waals surface area contributed by atoms with Crippen LogP contribution in [0.2, 0.25) is 0 Å². The Kier molecular flexibility index (Phi) is 4.57. The number of nitrogens with two attached hydrogens (primary N) is 1. The number of thioether (sulfide) groups is 1. The lowest BCUT2D eigenvalue weighted by atomic mass is 10.2. The van der Waals surface area contributed by atoms with E-state index in [0.717, 1.165) is 10.7 Å². The highest BCUT2D eigenvalue weighted by atomic mass is 35.5. The van der Waals surface area contributed by atoms with Gasteiger partial charge in [0.15, 0.2) is 11.1 Å². The minimum absolute atomic E-state index is 0. The van der Waals surface area contributed by atoms with Crippen LogP contribution in [0.15, 0.2) is 23.4 Å². The number of H-pyrrole nitrogens is 1. The highest BCUT2D eigenvalue weighted by molar-refractivity contribution is 7.98. The number of fused-ring (bicyclic) bond motifs is 1. The molecule has 8 heteroatoms. The normalized spacial score (nSPS) is 9.83. The topological polar surface area (TPSA) is 108 Å². The van der Waals surface area contributed by atoms with Crippen LogP contribution in [0.4, 0.5) is 0 Å². The number of benzene rings is 1. The second kappa shape index (κ2) is 5.74.